The first-order chi connectivity index (χ1) is 10.1. The molecule has 0 bridgehead atoms. The minimum atomic E-state index is -1.31. The fourth-order valence-corrected chi connectivity index (χ4v) is 2.95. The summed E-state index contributed by atoms with van der Waals surface area (Å²) in [6.45, 7) is 1.90. The van der Waals surface area contributed by atoms with Gasteiger partial charge in [-0.1, -0.05) is 12.5 Å². The summed E-state index contributed by atoms with van der Waals surface area (Å²) in [6, 6.07) is 5.72. The highest BCUT2D eigenvalue weighted by molar-refractivity contribution is 6.40. The zero-order chi connectivity index (χ0) is 15.2. The van der Waals surface area contributed by atoms with Gasteiger partial charge in [0.1, 0.15) is 0 Å². The van der Waals surface area contributed by atoms with Crippen molar-refractivity contribution < 1.29 is 19.9 Å². The standard InChI is InChI=1S/C14H21BN2O4/c18-14(19)13-10-17(9-12-5-1-2-7-16-12)8-11(13)4-3-6-15(20)21/h1-2,5,7,11,13,20-21H,3-4,6,8-10H2,(H,18,19)/t11-,13+/m0/s1. The minimum absolute atomic E-state index is 0.0602. The van der Waals surface area contributed by atoms with Crippen LogP contribution >= 0.6 is 0 Å². The Morgan fingerprint density at radius 2 is 2.19 bits per heavy atom. The quantitative estimate of drug-likeness (QED) is 0.632. The van der Waals surface area contributed by atoms with Gasteiger partial charge in [-0.15, -0.1) is 0 Å². The smallest absolute Gasteiger partial charge is 0.451 e. The second-order valence-corrected chi connectivity index (χ2v) is 5.63. The highest BCUT2D eigenvalue weighted by atomic mass is 16.4. The summed E-state index contributed by atoms with van der Waals surface area (Å²) >= 11 is 0. The van der Waals surface area contributed by atoms with Crippen molar-refractivity contribution in [2.75, 3.05) is 13.1 Å². The SMILES string of the molecule is O=C(O)[C@@H]1CN(Cc2ccccn2)C[C@@H]1CCCB(O)O. The third-order valence-corrected chi connectivity index (χ3v) is 3.98. The van der Waals surface area contributed by atoms with Gasteiger partial charge in [-0.2, -0.15) is 0 Å². The maximum absolute atomic E-state index is 11.4. The lowest BCUT2D eigenvalue weighted by Crippen LogP contribution is -2.23. The molecule has 2 atom stereocenters. The molecule has 0 radical (unpaired) electrons. The van der Waals surface area contributed by atoms with Crippen LogP contribution in [0.25, 0.3) is 0 Å². The van der Waals surface area contributed by atoms with Crippen LogP contribution in [-0.2, 0) is 11.3 Å². The summed E-state index contributed by atoms with van der Waals surface area (Å²) in [5.41, 5.74) is 0.938. The van der Waals surface area contributed by atoms with Gasteiger partial charge in [0, 0.05) is 25.8 Å². The summed E-state index contributed by atoms with van der Waals surface area (Å²) in [4.78, 5) is 17.7. The van der Waals surface area contributed by atoms with Crippen LogP contribution in [0, 0.1) is 11.8 Å². The molecule has 0 aliphatic carbocycles. The fraction of sp³-hybridized carbons (Fsp3) is 0.571. The maximum Gasteiger partial charge on any atom is 0.451 e. The number of carboxylic acid groups (broad SMARTS) is 1. The van der Waals surface area contributed by atoms with Gasteiger partial charge >= 0.3 is 13.1 Å². The molecule has 0 amide bonds. The summed E-state index contributed by atoms with van der Waals surface area (Å²) < 4.78 is 0. The van der Waals surface area contributed by atoms with E-state index < -0.39 is 13.1 Å². The molecule has 0 unspecified atom stereocenters. The van der Waals surface area contributed by atoms with Crippen molar-refractivity contribution in [2.24, 2.45) is 11.8 Å². The van der Waals surface area contributed by atoms with Crippen LogP contribution in [0.15, 0.2) is 24.4 Å². The molecule has 2 heterocycles. The summed E-state index contributed by atoms with van der Waals surface area (Å²) in [6.07, 6.45) is 3.36. The second kappa shape index (κ2) is 7.54. The first-order valence-electron chi connectivity index (χ1n) is 7.27. The molecular formula is C14H21BN2O4. The van der Waals surface area contributed by atoms with Gasteiger partial charge in [-0.25, -0.2) is 0 Å². The van der Waals surface area contributed by atoms with Crippen molar-refractivity contribution in [3.05, 3.63) is 30.1 Å². The molecule has 2 rings (SSSR count). The Bertz CT molecular complexity index is 458. The van der Waals surface area contributed by atoms with E-state index in [4.69, 9.17) is 10.0 Å². The Kier molecular flexibility index (Phi) is 5.72. The molecule has 1 aromatic rings. The van der Waals surface area contributed by atoms with E-state index in [0.29, 0.717) is 32.3 Å². The Labute approximate surface area is 124 Å². The van der Waals surface area contributed by atoms with Crippen LogP contribution in [0.5, 0.6) is 0 Å². The first-order valence-corrected chi connectivity index (χ1v) is 7.27. The number of pyridine rings is 1. The molecule has 0 aromatic carbocycles. The lowest BCUT2D eigenvalue weighted by atomic mass is 9.80. The highest BCUT2D eigenvalue weighted by Gasteiger charge is 2.37. The van der Waals surface area contributed by atoms with Crippen molar-refractivity contribution in [3.63, 3.8) is 0 Å². The predicted octanol–water partition coefficient (Wildman–Crippen LogP) is 0.467. The molecule has 1 saturated heterocycles. The number of carboxylic acids is 1. The van der Waals surface area contributed by atoms with Crippen molar-refractivity contribution >= 4 is 13.1 Å². The molecule has 21 heavy (non-hydrogen) atoms. The number of likely N-dealkylation sites (tertiary alicyclic amines) is 1. The molecule has 1 aliphatic heterocycles. The molecule has 114 valence electrons. The van der Waals surface area contributed by atoms with Crippen LogP contribution < -0.4 is 0 Å². The zero-order valence-corrected chi connectivity index (χ0v) is 11.9. The van der Waals surface area contributed by atoms with Gasteiger partial charge in [0.05, 0.1) is 11.6 Å². The van der Waals surface area contributed by atoms with E-state index in [0.717, 1.165) is 12.2 Å². The average molecular weight is 292 g/mol. The first kappa shape index (κ1) is 15.9. The largest absolute Gasteiger partial charge is 0.481 e. The van der Waals surface area contributed by atoms with Crippen molar-refractivity contribution in [2.45, 2.75) is 25.7 Å². The van der Waals surface area contributed by atoms with Crippen LogP contribution in [0.3, 0.4) is 0 Å². The number of nitrogens with zero attached hydrogens (tertiary/aromatic N) is 2. The average Bonchev–Trinajstić information content (AvgIpc) is 2.82. The maximum atomic E-state index is 11.4. The minimum Gasteiger partial charge on any atom is -0.481 e. The van der Waals surface area contributed by atoms with Crippen LogP contribution in [0.4, 0.5) is 0 Å². The van der Waals surface area contributed by atoms with Crippen LogP contribution in [0.2, 0.25) is 6.32 Å². The summed E-state index contributed by atoms with van der Waals surface area (Å²) in [7, 11) is -1.31. The van der Waals surface area contributed by atoms with E-state index in [1.807, 2.05) is 18.2 Å². The van der Waals surface area contributed by atoms with Gasteiger partial charge in [-0.05, 0) is 30.8 Å². The van der Waals surface area contributed by atoms with Crippen molar-refractivity contribution in [1.29, 1.82) is 0 Å². The van der Waals surface area contributed by atoms with Gasteiger partial charge < -0.3 is 15.2 Å². The molecule has 6 nitrogen and oxygen atoms in total. The van der Waals surface area contributed by atoms with E-state index in [9.17, 15) is 9.90 Å². The summed E-state index contributed by atoms with van der Waals surface area (Å²) in [5, 5.41) is 27.1. The number of aliphatic carboxylic acids is 1. The van der Waals surface area contributed by atoms with E-state index in [1.165, 1.54) is 0 Å². The van der Waals surface area contributed by atoms with E-state index in [-0.39, 0.29) is 11.8 Å². The van der Waals surface area contributed by atoms with Crippen molar-refractivity contribution in [1.82, 2.24) is 9.88 Å². The molecule has 1 fully saturated rings. The Morgan fingerprint density at radius 1 is 1.38 bits per heavy atom. The zero-order valence-electron chi connectivity index (χ0n) is 11.9. The molecule has 0 saturated carbocycles. The van der Waals surface area contributed by atoms with E-state index in [2.05, 4.69) is 9.88 Å². The molecular weight excluding hydrogens is 271 g/mol. The van der Waals surface area contributed by atoms with Crippen LogP contribution in [-0.4, -0.2) is 51.2 Å². The van der Waals surface area contributed by atoms with Gasteiger partial charge in [-0.3, -0.25) is 14.7 Å². The van der Waals surface area contributed by atoms with E-state index >= 15 is 0 Å². The molecule has 0 spiro atoms. The van der Waals surface area contributed by atoms with Gasteiger partial charge in [0.15, 0.2) is 0 Å². The van der Waals surface area contributed by atoms with Crippen LogP contribution in [0.1, 0.15) is 18.5 Å². The fourth-order valence-electron chi connectivity index (χ4n) is 2.95. The number of hydrogen-bond acceptors (Lipinski definition) is 5. The van der Waals surface area contributed by atoms with Gasteiger partial charge in [0.2, 0.25) is 0 Å². The van der Waals surface area contributed by atoms with Gasteiger partial charge in [0.25, 0.3) is 0 Å². The number of carbonyl (C=O) groups is 1. The summed E-state index contributed by atoms with van der Waals surface area (Å²) in [5.74, 6) is -1.09. The third kappa shape index (κ3) is 4.80. The molecule has 1 aromatic heterocycles. The number of rotatable bonds is 7. The lowest BCUT2D eigenvalue weighted by Gasteiger charge is -2.15. The molecule has 7 heteroatoms. The third-order valence-electron chi connectivity index (χ3n) is 3.98. The Hall–Kier alpha value is -1.44. The lowest BCUT2D eigenvalue weighted by molar-refractivity contribution is -0.142. The number of aromatic nitrogens is 1. The monoisotopic (exact) mass is 292 g/mol. The normalized spacial score (nSPS) is 22.4. The van der Waals surface area contributed by atoms with E-state index in [1.54, 1.807) is 6.20 Å². The van der Waals surface area contributed by atoms with Crippen molar-refractivity contribution in [3.8, 4) is 0 Å². The molecule has 1 aliphatic rings. The topological polar surface area (TPSA) is 93.9 Å². The molecule has 3 N–H and O–H groups in total. The number of hydrogen-bond donors (Lipinski definition) is 3. The predicted molar refractivity (Wildman–Crippen MR) is 78.4 cm³/mol. The Balaban J connectivity index is 1.90. The second-order valence-electron chi connectivity index (χ2n) is 5.63. The Morgan fingerprint density at radius 3 is 2.81 bits per heavy atom. The highest BCUT2D eigenvalue weighted by Crippen LogP contribution is 2.29.